The van der Waals surface area contributed by atoms with Crippen LogP contribution in [-0.4, -0.2) is 24.4 Å². The molecule has 1 N–H and O–H groups in total. The summed E-state index contributed by atoms with van der Waals surface area (Å²) in [5.74, 6) is -0.0648. The molecule has 2 aromatic carbocycles. The fourth-order valence-electron chi connectivity index (χ4n) is 2.42. The Hall–Kier alpha value is -1.26. The van der Waals surface area contributed by atoms with Crippen molar-refractivity contribution in [3.63, 3.8) is 0 Å². The minimum absolute atomic E-state index is 0.0648. The lowest BCUT2D eigenvalue weighted by atomic mass is 10.1. The molecule has 0 aliphatic heterocycles. The highest BCUT2D eigenvalue weighted by Gasteiger charge is 2.14. The first-order chi connectivity index (χ1) is 11.3. The molecule has 0 unspecified atom stereocenters. The minimum atomic E-state index is -0.189. The van der Waals surface area contributed by atoms with Gasteiger partial charge in [0.05, 0.1) is 12.6 Å². The Bertz CT molecular complexity index is 704. The molecule has 1 atom stereocenters. The van der Waals surface area contributed by atoms with Crippen LogP contribution in [0.25, 0.3) is 0 Å². The van der Waals surface area contributed by atoms with Gasteiger partial charge in [0.2, 0.25) is 5.91 Å². The molecule has 0 fully saturated rings. The van der Waals surface area contributed by atoms with Crippen molar-refractivity contribution in [2.24, 2.45) is 0 Å². The first kappa shape index (κ1) is 19.1. The van der Waals surface area contributed by atoms with Gasteiger partial charge in [0.1, 0.15) is 0 Å². The lowest BCUT2D eigenvalue weighted by Gasteiger charge is -2.20. The summed E-state index contributed by atoms with van der Waals surface area (Å²) in [6.07, 6.45) is 0. The normalized spacial score (nSPS) is 12.2. The molecule has 0 saturated heterocycles. The molecule has 0 radical (unpaired) electrons. The number of hydrogen-bond acceptors (Lipinski definition) is 2. The van der Waals surface area contributed by atoms with Crippen LogP contribution < -0.4 is 5.32 Å². The fraction of sp³-hybridized carbons (Fsp3) is 0.278. The summed E-state index contributed by atoms with van der Waals surface area (Å²) in [6, 6.07) is 12.7. The Morgan fingerprint density at radius 1 is 1.08 bits per heavy atom. The van der Waals surface area contributed by atoms with E-state index in [-0.39, 0.29) is 18.5 Å². The van der Waals surface area contributed by atoms with Crippen molar-refractivity contribution in [1.82, 2.24) is 10.2 Å². The molecule has 3 nitrogen and oxygen atoms in total. The topological polar surface area (TPSA) is 32.3 Å². The van der Waals surface area contributed by atoms with E-state index in [1.807, 2.05) is 49.2 Å². The van der Waals surface area contributed by atoms with Crippen molar-refractivity contribution in [2.45, 2.75) is 19.5 Å². The maximum atomic E-state index is 12.2. The Labute approximate surface area is 157 Å². The van der Waals surface area contributed by atoms with Crippen molar-refractivity contribution < 1.29 is 4.79 Å². The molecule has 0 spiro atoms. The molecule has 6 heteroatoms. The Morgan fingerprint density at radius 3 is 2.33 bits per heavy atom. The van der Waals surface area contributed by atoms with E-state index >= 15 is 0 Å². The number of likely N-dealkylation sites (N-methyl/N-ethyl adjacent to an activating group) is 1. The first-order valence-electron chi connectivity index (χ1n) is 7.52. The minimum Gasteiger partial charge on any atom is -0.348 e. The molecule has 24 heavy (non-hydrogen) atoms. The molecule has 0 aliphatic rings. The van der Waals surface area contributed by atoms with Crippen molar-refractivity contribution in [3.05, 3.63) is 68.7 Å². The number of nitrogens with zero attached hydrogens (tertiary/aromatic N) is 1. The molecule has 0 saturated carbocycles. The highest BCUT2D eigenvalue weighted by atomic mass is 35.5. The third-order valence-corrected chi connectivity index (χ3v) is 4.40. The second kappa shape index (κ2) is 8.72. The van der Waals surface area contributed by atoms with E-state index in [9.17, 15) is 4.79 Å². The van der Waals surface area contributed by atoms with E-state index in [0.29, 0.717) is 21.6 Å². The lowest BCUT2D eigenvalue weighted by Crippen LogP contribution is -2.36. The van der Waals surface area contributed by atoms with Gasteiger partial charge < -0.3 is 5.32 Å². The second-order valence-corrected chi connectivity index (χ2v) is 7.03. The van der Waals surface area contributed by atoms with Crippen LogP contribution in [0.2, 0.25) is 15.1 Å². The summed E-state index contributed by atoms with van der Waals surface area (Å²) in [6.45, 7) is 2.85. The number of benzene rings is 2. The van der Waals surface area contributed by atoms with Crippen LogP contribution in [0.15, 0.2) is 42.5 Å². The largest absolute Gasteiger partial charge is 0.348 e. The van der Waals surface area contributed by atoms with E-state index in [4.69, 9.17) is 34.8 Å². The van der Waals surface area contributed by atoms with Gasteiger partial charge in [-0.15, -0.1) is 0 Å². The number of rotatable bonds is 6. The zero-order chi connectivity index (χ0) is 17.7. The van der Waals surface area contributed by atoms with Crippen LogP contribution in [0.5, 0.6) is 0 Å². The van der Waals surface area contributed by atoms with Gasteiger partial charge >= 0.3 is 0 Å². The predicted octanol–water partition coefficient (Wildman–Crippen LogP) is 4.96. The molecular formula is C18H19Cl3N2O. The molecule has 128 valence electrons. The number of carbonyl (C=O) groups is 1. The summed E-state index contributed by atoms with van der Waals surface area (Å²) in [4.78, 5) is 14.2. The highest BCUT2D eigenvalue weighted by Crippen LogP contribution is 2.26. The fourth-order valence-corrected chi connectivity index (χ4v) is 3.12. The maximum Gasteiger partial charge on any atom is 0.234 e. The van der Waals surface area contributed by atoms with Gasteiger partial charge in [0, 0.05) is 21.6 Å². The Morgan fingerprint density at radius 2 is 1.71 bits per heavy atom. The highest BCUT2D eigenvalue weighted by molar-refractivity contribution is 6.35. The summed E-state index contributed by atoms with van der Waals surface area (Å²) >= 11 is 17.9. The monoisotopic (exact) mass is 384 g/mol. The third kappa shape index (κ3) is 5.67. The Balaban J connectivity index is 1.88. The van der Waals surface area contributed by atoms with Crippen LogP contribution in [0, 0.1) is 0 Å². The second-order valence-electron chi connectivity index (χ2n) is 5.75. The van der Waals surface area contributed by atoms with Gasteiger partial charge in [-0.3, -0.25) is 9.69 Å². The van der Waals surface area contributed by atoms with Crippen LogP contribution in [-0.2, 0) is 11.3 Å². The first-order valence-corrected chi connectivity index (χ1v) is 8.66. The average molecular weight is 386 g/mol. The zero-order valence-corrected chi connectivity index (χ0v) is 15.8. The van der Waals surface area contributed by atoms with Gasteiger partial charge in [-0.1, -0.05) is 53.0 Å². The quantitative estimate of drug-likeness (QED) is 0.762. The number of carbonyl (C=O) groups excluding carboxylic acids is 1. The van der Waals surface area contributed by atoms with Crippen molar-refractivity contribution in [2.75, 3.05) is 13.6 Å². The summed E-state index contributed by atoms with van der Waals surface area (Å²) < 4.78 is 0. The third-order valence-electron chi connectivity index (χ3n) is 3.59. The molecule has 1 amide bonds. The van der Waals surface area contributed by atoms with Crippen LogP contribution in [0.3, 0.4) is 0 Å². The van der Waals surface area contributed by atoms with Gasteiger partial charge in [-0.25, -0.2) is 0 Å². The molecule has 0 heterocycles. The molecule has 0 bridgehead atoms. The number of nitrogens with one attached hydrogen (secondary N) is 1. The van der Waals surface area contributed by atoms with Crippen molar-refractivity contribution >= 4 is 40.7 Å². The summed E-state index contributed by atoms with van der Waals surface area (Å²) in [7, 11) is 1.90. The predicted molar refractivity (Wildman–Crippen MR) is 101 cm³/mol. The molecule has 0 aliphatic carbocycles. The standard InChI is InChI=1S/C18H19Cl3N2O/c1-12(16-8-7-15(20)9-17(16)21)22-18(24)11-23(2)10-13-3-5-14(19)6-4-13/h3-9,12H,10-11H2,1-2H3,(H,22,24)/t12-/m1/s1. The van der Waals surface area contributed by atoms with Gasteiger partial charge in [-0.2, -0.15) is 0 Å². The number of hydrogen-bond donors (Lipinski definition) is 1. The SMILES string of the molecule is C[C@@H](NC(=O)CN(C)Cc1ccc(Cl)cc1)c1ccc(Cl)cc1Cl. The van der Waals surface area contributed by atoms with Gasteiger partial charge in [0.15, 0.2) is 0 Å². The maximum absolute atomic E-state index is 12.2. The molecule has 2 aromatic rings. The smallest absolute Gasteiger partial charge is 0.234 e. The lowest BCUT2D eigenvalue weighted by molar-refractivity contribution is -0.122. The van der Waals surface area contributed by atoms with Crippen molar-refractivity contribution in [1.29, 1.82) is 0 Å². The number of amides is 1. The molecular weight excluding hydrogens is 367 g/mol. The average Bonchev–Trinajstić information content (AvgIpc) is 2.49. The number of halogens is 3. The molecule has 2 rings (SSSR count). The van der Waals surface area contributed by atoms with Gasteiger partial charge in [-0.05, 0) is 49.4 Å². The summed E-state index contributed by atoms with van der Waals surface area (Å²) in [5, 5.41) is 4.77. The van der Waals surface area contributed by atoms with Crippen LogP contribution in [0.1, 0.15) is 24.1 Å². The van der Waals surface area contributed by atoms with Crippen LogP contribution in [0.4, 0.5) is 0 Å². The zero-order valence-electron chi connectivity index (χ0n) is 13.5. The van der Waals surface area contributed by atoms with E-state index in [0.717, 1.165) is 11.1 Å². The van der Waals surface area contributed by atoms with E-state index in [1.54, 1.807) is 12.1 Å². The van der Waals surface area contributed by atoms with E-state index in [2.05, 4.69) is 5.32 Å². The van der Waals surface area contributed by atoms with Crippen molar-refractivity contribution in [3.8, 4) is 0 Å². The molecule has 0 aromatic heterocycles. The Kier molecular flexibility index (Phi) is 6.93. The van der Waals surface area contributed by atoms with Crippen LogP contribution >= 0.6 is 34.8 Å². The van der Waals surface area contributed by atoms with Gasteiger partial charge in [0.25, 0.3) is 0 Å². The van der Waals surface area contributed by atoms with E-state index < -0.39 is 0 Å². The summed E-state index contributed by atoms with van der Waals surface area (Å²) in [5.41, 5.74) is 1.94. The van der Waals surface area contributed by atoms with E-state index in [1.165, 1.54) is 0 Å².